The summed E-state index contributed by atoms with van der Waals surface area (Å²) in [5.74, 6) is 1.33. The molecule has 6 heteroatoms. The van der Waals surface area contributed by atoms with Crippen molar-refractivity contribution in [3.05, 3.63) is 63.6 Å². The summed E-state index contributed by atoms with van der Waals surface area (Å²) in [5.41, 5.74) is 3.18. The monoisotopic (exact) mass is 404 g/mol. The number of ether oxygens (including phenoxy) is 2. The Bertz CT molecular complexity index is 810. The first-order valence-electron chi connectivity index (χ1n) is 8.18. The third-order valence-electron chi connectivity index (χ3n) is 4.33. The minimum Gasteiger partial charge on any atom is -0.497 e. The third-order valence-corrected chi connectivity index (χ3v) is 4.83. The van der Waals surface area contributed by atoms with Gasteiger partial charge in [-0.2, -0.15) is 0 Å². The first-order chi connectivity index (χ1) is 12.1. The Kier molecular flexibility index (Phi) is 4.37. The fraction of sp³-hybridized carbons (Fsp3) is 0.316. The Balaban J connectivity index is 1.58. The fourth-order valence-electron chi connectivity index (χ4n) is 2.83. The molecule has 25 heavy (non-hydrogen) atoms. The van der Waals surface area contributed by atoms with Crippen LogP contribution in [-0.2, 0) is 17.8 Å². The van der Waals surface area contributed by atoms with Gasteiger partial charge in [0.1, 0.15) is 18.0 Å². The molecule has 0 radical (unpaired) electrons. The lowest BCUT2D eigenvalue weighted by Crippen LogP contribution is -2.27. The fourth-order valence-corrected chi connectivity index (χ4v) is 3.19. The number of hydrogen-bond donors (Lipinski definition) is 0. The molecule has 1 aliphatic carbocycles. The predicted molar refractivity (Wildman–Crippen MR) is 97.3 cm³/mol. The first-order valence-corrected chi connectivity index (χ1v) is 8.97. The molecule has 130 valence electrons. The second-order valence-electron chi connectivity index (χ2n) is 6.29. The highest BCUT2D eigenvalue weighted by atomic mass is 79.9. The van der Waals surface area contributed by atoms with Gasteiger partial charge in [-0.25, -0.2) is 4.39 Å². The molecule has 0 bridgehead atoms. The van der Waals surface area contributed by atoms with Gasteiger partial charge in [0.15, 0.2) is 0 Å². The third kappa shape index (κ3) is 3.63. The minimum absolute atomic E-state index is 0.369. The van der Waals surface area contributed by atoms with Crippen molar-refractivity contribution in [3.8, 4) is 5.75 Å². The van der Waals surface area contributed by atoms with Crippen molar-refractivity contribution >= 4 is 21.8 Å². The van der Waals surface area contributed by atoms with Gasteiger partial charge in [-0.3, -0.25) is 5.01 Å². The van der Waals surface area contributed by atoms with Gasteiger partial charge in [0, 0.05) is 16.5 Å². The van der Waals surface area contributed by atoms with Gasteiger partial charge in [0.2, 0.25) is 5.90 Å². The topological polar surface area (TPSA) is 34.1 Å². The Hall–Kier alpha value is -2.08. The summed E-state index contributed by atoms with van der Waals surface area (Å²) in [6, 6.07) is 13.9. The van der Waals surface area contributed by atoms with Crippen molar-refractivity contribution in [1.29, 1.82) is 0 Å². The highest BCUT2D eigenvalue weighted by Gasteiger charge is 2.41. The molecule has 1 fully saturated rings. The normalized spacial score (nSPS) is 21.4. The molecule has 1 saturated carbocycles. The van der Waals surface area contributed by atoms with Gasteiger partial charge in [-0.05, 0) is 35.4 Å². The number of methoxy groups -OCH3 is 1. The molecule has 0 N–H and O–H groups in total. The number of alkyl halides is 1. The zero-order valence-corrected chi connectivity index (χ0v) is 15.4. The summed E-state index contributed by atoms with van der Waals surface area (Å²) in [6.45, 7) is 1.33. The van der Waals surface area contributed by atoms with E-state index in [4.69, 9.17) is 9.47 Å². The van der Waals surface area contributed by atoms with Crippen LogP contribution in [0.3, 0.4) is 0 Å². The lowest BCUT2D eigenvalue weighted by atomic mass is 10.1. The Morgan fingerprint density at radius 3 is 2.68 bits per heavy atom. The lowest BCUT2D eigenvalue weighted by Gasteiger charge is -2.27. The van der Waals surface area contributed by atoms with E-state index in [1.54, 1.807) is 7.11 Å². The summed E-state index contributed by atoms with van der Waals surface area (Å²) < 4.78 is 25.2. The molecule has 2 unspecified atom stereocenters. The van der Waals surface area contributed by atoms with Gasteiger partial charge in [-0.1, -0.05) is 34.1 Å². The summed E-state index contributed by atoms with van der Waals surface area (Å²) in [6.07, 6.45) is -0.803. The number of halogens is 2. The number of benzene rings is 2. The summed E-state index contributed by atoms with van der Waals surface area (Å²) in [4.78, 5) is 0. The van der Waals surface area contributed by atoms with Crippen molar-refractivity contribution in [2.24, 2.45) is 5.10 Å². The molecule has 2 atom stereocenters. The molecule has 2 aromatic carbocycles. The summed E-state index contributed by atoms with van der Waals surface area (Å²) in [5, 5.41) is 6.57. The molecular formula is C19H18BrFN2O2. The molecule has 0 amide bonds. The van der Waals surface area contributed by atoms with Crippen molar-refractivity contribution in [2.45, 2.75) is 31.8 Å². The average molecular weight is 405 g/mol. The SMILES string of the molecule is COc1ccc(CN2Cc3ccc(Br)cc3C(OC3CC3F)=N2)cc1. The molecule has 1 aliphatic heterocycles. The zero-order chi connectivity index (χ0) is 17.4. The van der Waals surface area contributed by atoms with E-state index in [0.29, 0.717) is 25.4 Å². The van der Waals surface area contributed by atoms with E-state index in [9.17, 15) is 4.39 Å². The van der Waals surface area contributed by atoms with E-state index in [2.05, 4.69) is 27.1 Å². The van der Waals surface area contributed by atoms with E-state index in [1.165, 1.54) is 0 Å². The van der Waals surface area contributed by atoms with E-state index in [1.807, 2.05) is 41.4 Å². The Morgan fingerprint density at radius 1 is 1.24 bits per heavy atom. The maximum Gasteiger partial charge on any atom is 0.238 e. The van der Waals surface area contributed by atoms with Crippen LogP contribution in [-0.4, -0.2) is 30.3 Å². The number of rotatable bonds is 4. The van der Waals surface area contributed by atoms with Crippen LogP contribution in [0.1, 0.15) is 23.1 Å². The number of hydrazone groups is 1. The van der Waals surface area contributed by atoms with Crippen molar-refractivity contribution in [3.63, 3.8) is 0 Å². The van der Waals surface area contributed by atoms with Crippen LogP contribution in [0.5, 0.6) is 5.75 Å². The second kappa shape index (κ2) is 6.67. The zero-order valence-electron chi connectivity index (χ0n) is 13.8. The Morgan fingerprint density at radius 2 is 2.00 bits per heavy atom. The molecule has 1 heterocycles. The molecule has 4 rings (SSSR count). The molecular weight excluding hydrogens is 387 g/mol. The largest absolute Gasteiger partial charge is 0.497 e. The minimum atomic E-state index is -0.879. The standard InChI is InChI=1S/C19H18BrFN2O2/c1-24-15-6-2-12(3-7-15)10-23-11-13-4-5-14(20)8-16(13)19(22-23)25-18-9-17(18)21/h2-8,17-18H,9-11H2,1H3. The van der Waals surface area contributed by atoms with E-state index >= 15 is 0 Å². The maximum atomic E-state index is 13.3. The van der Waals surface area contributed by atoms with E-state index in [-0.39, 0.29) is 6.10 Å². The number of nitrogens with zero attached hydrogens (tertiary/aromatic N) is 2. The van der Waals surface area contributed by atoms with Gasteiger partial charge in [-0.15, -0.1) is 5.10 Å². The Labute approximate surface area is 154 Å². The van der Waals surface area contributed by atoms with Crippen LogP contribution >= 0.6 is 15.9 Å². The maximum absolute atomic E-state index is 13.3. The predicted octanol–water partition coefficient (Wildman–Crippen LogP) is 4.26. The van der Waals surface area contributed by atoms with Crippen molar-refractivity contribution < 1.29 is 13.9 Å². The molecule has 2 aliphatic rings. The van der Waals surface area contributed by atoms with Crippen LogP contribution in [0.25, 0.3) is 0 Å². The summed E-state index contributed by atoms with van der Waals surface area (Å²) in [7, 11) is 1.65. The quantitative estimate of drug-likeness (QED) is 0.763. The van der Waals surface area contributed by atoms with Crippen LogP contribution < -0.4 is 4.74 Å². The van der Waals surface area contributed by atoms with Crippen LogP contribution in [0.2, 0.25) is 0 Å². The van der Waals surface area contributed by atoms with Gasteiger partial charge < -0.3 is 9.47 Å². The average Bonchev–Trinajstić information content (AvgIpc) is 3.31. The highest BCUT2D eigenvalue weighted by molar-refractivity contribution is 9.10. The van der Waals surface area contributed by atoms with Gasteiger partial charge >= 0.3 is 0 Å². The van der Waals surface area contributed by atoms with Gasteiger partial charge in [0.25, 0.3) is 0 Å². The highest BCUT2D eigenvalue weighted by Crippen LogP contribution is 2.32. The molecule has 0 spiro atoms. The molecule has 0 saturated heterocycles. The van der Waals surface area contributed by atoms with Crippen LogP contribution in [0, 0.1) is 0 Å². The van der Waals surface area contributed by atoms with Gasteiger partial charge in [0.05, 0.1) is 20.2 Å². The van der Waals surface area contributed by atoms with Crippen molar-refractivity contribution in [2.75, 3.05) is 7.11 Å². The molecule has 0 aromatic heterocycles. The second-order valence-corrected chi connectivity index (χ2v) is 7.20. The van der Waals surface area contributed by atoms with Crippen LogP contribution in [0.15, 0.2) is 52.0 Å². The number of hydrogen-bond acceptors (Lipinski definition) is 4. The lowest BCUT2D eigenvalue weighted by molar-refractivity contribution is 0.210. The molecule has 2 aromatic rings. The molecule has 4 nitrogen and oxygen atoms in total. The van der Waals surface area contributed by atoms with E-state index < -0.39 is 6.17 Å². The first kappa shape index (κ1) is 16.4. The van der Waals surface area contributed by atoms with Crippen molar-refractivity contribution in [1.82, 2.24) is 5.01 Å². The smallest absolute Gasteiger partial charge is 0.238 e. The summed E-state index contributed by atoms with van der Waals surface area (Å²) >= 11 is 3.48. The van der Waals surface area contributed by atoms with E-state index in [0.717, 1.165) is 26.9 Å². The van der Waals surface area contributed by atoms with Crippen LogP contribution in [0.4, 0.5) is 4.39 Å². The number of fused-ring (bicyclic) bond motifs is 1.